The van der Waals surface area contributed by atoms with Crippen molar-refractivity contribution < 1.29 is 19.1 Å². The van der Waals surface area contributed by atoms with Crippen molar-refractivity contribution in [3.63, 3.8) is 0 Å². The van der Waals surface area contributed by atoms with Crippen LogP contribution in [0, 0.1) is 6.92 Å². The molecule has 0 heterocycles. The molecule has 1 atom stereocenters. The van der Waals surface area contributed by atoms with E-state index < -0.39 is 19.7 Å². The van der Waals surface area contributed by atoms with Gasteiger partial charge in [-0.25, -0.2) is 0 Å². The highest BCUT2D eigenvalue weighted by molar-refractivity contribution is 7.51. The lowest BCUT2D eigenvalue weighted by Crippen LogP contribution is -2.18. The molecule has 4 nitrogen and oxygen atoms in total. The normalized spacial score (nSPS) is 12.9. The largest absolute Gasteiger partial charge is 0.326 e. The van der Waals surface area contributed by atoms with E-state index in [4.69, 9.17) is 0 Å². The Balaban J connectivity index is 2.43. The van der Waals surface area contributed by atoms with Crippen LogP contribution >= 0.6 is 7.60 Å². The van der Waals surface area contributed by atoms with E-state index in [0.29, 0.717) is 11.1 Å². The first kappa shape index (κ1) is 15.6. The molecule has 0 saturated carbocycles. The van der Waals surface area contributed by atoms with Gasteiger partial charge in [-0.1, -0.05) is 54.6 Å². The Bertz CT molecular complexity index is 676. The molecule has 0 saturated heterocycles. The average Bonchev–Trinajstić information content (AvgIpc) is 2.45. The van der Waals surface area contributed by atoms with Gasteiger partial charge in [0.25, 0.3) is 0 Å². The van der Waals surface area contributed by atoms with Crippen molar-refractivity contribution in [2.75, 3.05) is 6.16 Å². The third-order valence-electron chi connectivity index (χ3n) is 3.35. The lowest BCUT2D eigenvalue weighted by molar-refractivity contribution is 0.0963. The monoisotopic (exact) mass is 304 g/mol. The Morgan fingerprint density at radius 2 is 1.62 bits per heavy atom. The van der Waals surface area contributed by atoms with E-state index in [1.807, 2.05) is 19.1 Å². The first-order chi connectivity index (χ1) is 9.88. The van der Waals surface area contributed by atoms with Crippen LogP contribution in [0.15, 0.2) is 54.6 Å². The van der Waals surface area contributed by atoms with Crippen molar-refractivity contribution in [3.8, 4) is 0 Å². The summed E-state index contributed by atoms with van der Waals surface area (Å²) in [6.07, 6.45) is -0.482. The summed E-state index contributed by atoms with van der Waals surface area (Å²) >= 11 is 0. The van der Waals surface area contributed by atoms with Crippen molar-refractivity contribution in [1.82, 2.24) is 0 Å². The first-order valence-electron chi connectivity index (χ1n) is 6.58. The fraction of sp³-hybridized carbons (Fsp3) is 0.188. The summed E-state index contributed by atoms with van der Waals surface area (Å²) in [6, 6.07) is 15.8. The molecule has 0 fully saturated rings. The second-order valence-corrected chi connectivity index (χ2v) is 6.68. The summed E-state index contributed by atoms with van der Waals surface area (Å²) in [4.78, 5) is 31.2. The van der Waals surface area contributed by atoms with E-state index >= 15 is 0 Å². The predicted octanol–water partition coefficient (Wildman–Crippen LogP) is 3.14. The molecule has 0 bridgehead atoms. The van der Waals surface area contributed by atoms with Gasteiger partial charge in [0.05, 0.1) is 12.1 Å². The molecule has 110 valence electrons. The Morgan fingerprint density at radius 1 is 1.05 bits per heavy atom. The molecule has 0 spiro atoms. The molecule has 0 aliphatic carbocycles. The fourth-order valence-corrected chi connectivity index (χ4v) is 3.15. The highest BCUT2D eigenvalue weighted by atomic mass is 31.2. The van der Waals surface area contributed by atoms with Gasteiger partial charge in [0.2, 0.25) is 0 Å². The molecule has 2 aromatic rings. The van der Waals surface area contributed by atoms with E-state index in [-0.39, 0.29) is 5.78 Å². The maximum atomic E-state index is 12.7. The number of Topliss-reactive ketones (excluding diaryl/α,β-unsaturated/α-hetero) is 1. The first-order valence-corrected chi connectivity index (χ1v) is 8.37. The molecular formula is C16H17O4P. The zero-order valence-electron chi connectivity index (χ0n) is 11.6. The maximum absolute atomic E-state index is 12.7. The number of ketones is 1. The number of aryl methyl sites for hydroxylation is 1. The zero-order valence-corrected chi connectivity index (χ0v) is 12.5. The average molecular weight is 304 g/mol. The van der Waals surface area contributed by atoms with Crippen molar-refractivity contribution in [3.05, 3.63) is 71.3 Å². The van der Waals surface area contributed by atoms with Crippen LogP contribution in [-0.2, 0) is 4.57 Å². The quantitative estimate of drug-likeness (QED) is 0.657. The van der Waals surface area contributed by atoms with Crippen molar-refractivity contribution in [2.45, 2.75) is 12.8 Å². The Morgan fingerprint density at radius 3 is 2.19 bits per heavy atom. The van der Waals surface area contributed by atoms with Gasteiger partial charge in [-0.15, -0.1) is 0 Å². The highest BCUT2D eigenvalue weighted by Gasteiger charge is 2.30. The molecule has 0 aliphatic rings. The van der Waals surface area contributed by atoms with E-state index in [1.54, 1.807) is 42.5 Å². The van der Waals surface area contributed by atoms with E-state index in [9.17, 15) is 19.1 Å². The van der Waals surface area contributed by atoms with Crippen LogP contribution in [0.1, 0.15) is 27.4 Å². The van der Waals surface area contributed by atoms with Crippen LogP contribution in [0.4, 0.5) is 0 Å². The zero-order chi connectivity index (χ0) is 15.5. The molecular weight excluding hydrogens is 287 g/mol. The molecule has 0 amide bonds. The van der Waals surface area contributed by atoms with E-state index in [2.05, 4.69) is 0 Å². The lowest BCUT2D eigenvalue weighted by Gasteiger charge is -2.18. The summed E-state index contributed by atoms with van der Waals surface area (Å²) in [5, 5.41) is 0. The fourth-order valence-electron chi connectivity index (χ4n) is 2.30. The van der Waals surface area contributed by atoms with Crippen LogP contribution in [0.25, 0.3) is 0 Å². The molecule has 0 aromatic heterocycles. The minimum atomic E-state index is -4.30. The van der Waals surface area contributed by atoms with Gasteiger partial charge in [-0.05, 0) is 18.1 Å². The van der Waals surface area contributed by atoms with Gasteiger partial charge in [0.15, 0.2) is 5.78 Å². The number of hydrogen-bond acceptors (Lipinski definition) is 2. The lowest BCUT2D eigenvalue weighted by atomic mass is 9.90. The van der Waals surface area contributed by atoms with Crippen LogP contribution in [0.2, 0.25) is 0 Å². The number of carbonyl (C=O) groups excluding carboxylic acids is 1. The van der Waals surface area contributed by atoms with Gasteiger partial charge in [-0.3, -0.25) is 9.36 Å². The maximum Gasteiger partial charge on any atom is 0.326 e. The van der Waals surface area contributed by atoms with Gasteiger partial charge in [-0.2, -0.15) is 0 Å². The van der Waals surface area contributed by atoms with Crippen molar-refractivity contribution >= 4 is 13.4 Å². The summed E-state index contributed by atoms with van der Waals surface area (Å²) in [7, 11) is -4.30. The number of benzene rings is 2. The molecule has 2 rings (SSSR count). The minimum Gasteiger partial charge on any atom is -0.324 e. The third-order valence-corrected chi connectivity index (χ3v) is 4.19. The molecule has 1 unspecified atom stereocenters. The molecule has 0 aliphatic heterocycles. The Hall–Kier alpha value is -1.74. The van der Waals surface area contributed by atoms with Crippen molar-refractivity contribution in [1.29, 1.82) is 0 Å². The molecule has 0 radical (unpaired) electrons. The van der Waals surface area contributed by atoms with Crippen LogP contribution in [0.5, 0.6) is 0 Å². The second kappa shape index (κ2) is 6.35. The SMILES string of the molecule is Cc1ccccc1C(=O)C(CP(=O)(O)O)c1ccccc1. The van der Waals surface area contributed by atoms with Gasteiger partial charge < -0.3 is 9.79 Å². The van der Waals surface area contributed by atoms with Crippen LogP contribution < -0.4 is 0 Å². The molecule has 21 heavy (non-hydrogen) atoms. The second-order valence-electron chi connectivity index (χ2n) is 4.99. The summed E-state index contributed by atoms with van der Waals surface area (Å²) in [6.45, 7) is 1.81. The molecule has 5 heteroatoms. The van der Waals surface area contributed by atoms with Gasteiger partial charge in [0.1, 0.15) is 0 Å². The third kappa shape index (κ3) is 4.11. The summed E-state index contributed by atoms with van der Waals surface area (Å²) in [5.41, 5.74) is 1.92. The number of rotatable bonds is 5. The standard InChI is InChI=1S/C16H17O4P/c1-12-7-5-6-10-14(12)16(17)15(11-21(18,19)20)13-8-3-2-4-9-13/h2-10,15H,11H2,1H3,(H2,18,19,20). The predicted molar refractivity (Wildman–Crippen MR) is 81.6 cm³/mol. The van der Waals surface area contributed by atoms with Crippen molar-refractivity contribution in [2.24, 2.45) is 0 Å². The van der Waals surface area contributed by atoms with Crippen LogP contribution in [0.3, 0.4) is 0 Å². The summed E-state index contributed by atoms with van der Waals surface area (Å²) < 4.78 is 11.4. The smallest absolute Gasteiger partial charge is 0.324 e. The van der Waals surface area contributed by atoms with Crippen LogP contribution in [-0.4, -0.2) is 21.7 Å². The molecule has 2 aromatic carbocycles. The highest BCUT2D eigenvalue weighted by Crippen LogP contribution is 2.41. The van der Waals surface area contributed by atoms with Gasteiger partial charge in [0, 0.05) is 5.56 Å². The Kier molecular flexibility index (Phi) is 4.73. The van der Waals surface area contributed by atoms with E-state index in [1.165, 1.54) is 0 Å². The van der Waals surface area contributed by atoms with Gasteiger partial charge >= 0.3 is 7.60 Å². The topological polar surface area (TPSA) is 74.6 Å². The number of hydrogen-bond donors (Lipinski definition) is 2. The Labute approximate surface area is 123 Å². The summed E-state index contributed by atoms with van der Waals surface area (Å²) in [5.74, 6) is -1.10. The minimum absolute atomic E-state index is 0.261. The van der Waals surface area contributed by atoms with E-state index in [0.717, 1.165) is 5.56 Å². The molecule has 2 N–H and O–H groups in total. The number of carbonyl (C=O) groups is 1.